The number of carbonyl (C=O) groups is 3. The Kier molecular flexibility index (Phi) is 5.53. The Labute approximate surface area is 120 Å². The van der Waals surface area contributed by atoms with Crippen molar-refractivity contribution in [1.82, 2.24) is 4.90 Å². The number of rotatable bonds is 6. The van der Waals surface area contributed by atoms with E-state index in [1.54, 1.807) is 25.1 Å². The molecule has 0 fully saturated rings. The molecule has 0 aliphatic heterocycles. The summed E-state index contributed by atoms with van der Waals surface area (Å²) in [6.07, 6.45) is 0. The highest BCUT2D eigenvalue weighted by atomic mass is 16.5. The fourth-order valence-corrected chi connectivity index (χ4v) is 1.62. The number of urea groups is 1. The number of methoxy groups -OCH3 is 1. The van der Waals surface area contributed by atoms with Crippen molar-refractivity contribution in [1.29, 1.82) is 0 Å². The number of carboxylic acid groups (broad SMARTS) is 2. The third-order valence-corrected chi connectivity index (χ3v) is 2.61. The fourth-order valence-electron chi connectivity index (χ4n) is 1.62. The van der Waals surface area contributed by atoms with Gasteiger partial charge in [-0.2, -0.15) is 0 Å². The average Bonchev–Trinajstić information content (AvgIpc) is 2.39. The maximum absolute atomic E-state index is 11.9. The molecule has 0 heterocycles. The Balaban J connectivity index is 2.85. The summed E-state index contributed by atoms with van der Waals surface area (Å²) < 4.78 is 5.03. The van der Waals surface area contributed by atoms with Gasteiger partial charge in [0.05, 0.1) is 7.11 Å². The minimum Gasteiger partial charge on any atom is -0.497 e. The van der Waals surface area contributed by atoms with E-state index in [4.69, 9.17) is 14.9 Å². The number of hydrogen-bond acceptors (Lipinski definition) is 4. The van der Waals surface area contributed by atoms with Crippen LogP contribution < -0.4 is 10.1 Å². The van der Waals surface area contributed by atoms with Gasteiger partial charge in [-0.3, -0.25) is 9.59 Å². The number of amides is 2. The number of hydrogen-bond donors (Lipinski definition) is 3. The average molecular weight is 296 g/mol. The molecule has 1 aromatic carbocycles. The van der Waals surface area contributed by atoms with E-state index in [-0.39, 0.29) is 0 Å². The maximum atomic E-state index is 11.9. The van der Waals surface area contributed by atoms with Crippen molar-refractivity contribution < 1.29 is 29.3 Å². The highest BCUT2D eigenvalue weighted by Gasteiger charge is 2.20. The molecule has 0 spiro atoms. The van der Waals surface area contributed by atoms with Crippen LogP contribution >= 0.6 is 0 Å². The highest BCUT2D eigenvalue weighted by molar-refractivity contribution is 5.93. The van der Waals surface area contributed by atoms with Crippen LogP contribution in [0, 0.1) is 6.92 Å². The molecule has 21 heavy (non-hydrogen) atoms. The Bertz CT molecular complexity index is 542. The van der Waals surface area contributed by atoms with Crippen LogP contribution in [0.3, 0.4) is 0 Å². The van der Waals surface area contributed by atoms with Crippen LogP contribution in [0.5, 0.6) is 5.75 Å². The molecular formula is C13H16N2O6. The minimum atomic E-state index is -1.29. The van der Waals surface area contributed by atoms with Gasteiger partial charge in [0.25, 0.3) is 0 Å². The molecule has 2 amide bonds. The van der Waals surface area contributed by atoms with Crippen molar-refractivity contribution in [2.75, 3.05) is 25.5 Å². The molecule has 0 aliphatic rings. The number of ether oxygens (including phenoxy) is 1. The first kappa shape index (κ1) is 16.3. The normalized spacial score (nSPS) is 9.81. The van der Waals surface area contributed by atoms with Crippen LogP contribution in [0.4, 0.5) is 10.5 Å². The fraction of sp³-hybridized carbons (Fsp3) is 0.308. The van der Waals surface area contributed by atoms with Crippen LogP contribution in [0.25, 0.3) is 0 Å². The molecule has 0 atom stereocenters. The standard InChI is InChI=1S/C13H16N2O6/c1-8-5-9(21-2)3-4-10(8)14-13(20)15(6-11(16)17)7-12(18)19/h3-5H,6-7H2,1-2H3,(H,14,20)(H,16,17)(H,18,19). The third kappa shape index (κ3) is 5.01. The van der Waals surface area contributed by atoms with Crippen LogP contribution in [-0.4, -0.2) is 53.3 Å². The summed E-state index contributed by atoms with van der Waals surface area (Å²) in [5.41, 5.74) is 1.15. The largest absolute Gasteiger partial charge is 0.497 e. The van der Waals surface area contributed by atoms with Gasteiger partial charge in [0.2, 0.25) is 0 Å². The summed E-state index contributed by atoms with van der Waals surface area (Å²) in [5, 5.41) is 19.9. The second kappa shape index (κ2) is 7.13. The number of nitrogens with zero attached hydrogens (tertiary/aromatic N) is 1. The number of aliphatic carboxylic acids is 2. The predicted octanol–water partition coefficient (Wildman–Crippen LogP) is 1.01. The zero-order valence-corrected chi connectivity index (χ0v) is 11.6. The number of carboxylic acids is 2. The highest BCUT2D eigenvalue weighted by Crippen LogP contribution is 2.21. The third-order valence-electron chi connectivity index (χ3n) is 2.61. The molecule has 8 nitrogen and oxygen atoms in total. The molecule has 0 saturated heterocycles. The SMILES string of the molecule is COc1ccc(NC(=O)N(CC(=O)O)CC(=O)O)c(C)c1. The Hall–Kier alpha value is -2.77. The quantitative estimate of drug-likeness (QED) is 0.721. The van der Waals surface area contributed by atoms with Crippen molar-refractivity contribution in [3.8, 4) is 5.75 Å². The summed E-state index contributed by atoms with van der Waals surface area (Å²) in [5.74, 6) is -1.98. The van der Waals surface area contributed by atoms with Gasteiger partial charge >= 0.3 is 18.0 Å². The molecule has 8 heteroatoms. The van der Waals surface area contributed by atoms with Crippen LogP contribution in [-0.2, 0) is 9.59 Å². The van der Waals surface area contributed by atoms with Crippen LogP contribution in [0.2, 0.25) is 0 Å². The minimum absolute atomic E-state index is 0.446. The molecule has 0 unspecified atom stereocenters. The van der Waals surface area contributed by atoms with E-state index in [9.17, 15) is 14.4 Å². The number of carbonyl (C=O) groups excluding carboxylic acids is 1. The molecule has 1 rings (SSSR count). The first-order chi connectivity index (χ1) is 9.83. The lowest BCUT2D eigenvalue weighted by atomic mass is 10.2. The van der Waals surface area contributed by atoms with Crippen molar-refractivity contribution in [2.45, 2.75) is 6.92 Å². The molecule has 0 bridgehead atoms. The van der Waals surface area contributed by atoms with Gasteiger partial charge in [-0.25, -0.2) is 4.79 Å². The lowest BCUT2D eigenvalue weighted by molar-refractivity contribution is -0.140. The summed E-state index contributed by atoms with van der Waals surface area (Å²) >= 11 is 0. The maximum Gasteiger partial charge on any atom is 0.323 e. The van der Waals surface area contributed by atoms with E-state index in [0.717, 1.165) is 0 Å². The zero-order chi connectivity index (χ0) is 16.0. The Morgan fingerprint density at radius 3 is 2.19 bits per heavy atom. The van der Waals surface area contributed by atoms with Gasteiger partial charge in [-0.1, -0.05) is 0 Å². The summed E-state index contributed by atoms with van der Waals surface area (Å²) in [6, 6.07) is 4.11. The van der Waals surface area contributed by atoms with Gasteiger partial charge < -0.3 is 25.2 Å². The predicted molar refractivity (Wildman–Crippen MR) is 73.6 cm³/mol. The van der Waals surface area contributed by atoms with Gasteiger partial charge in [-0.15, -0.1) is 0 Å². The molecule has 114 valence electrons. The lowest BCUT2D eigenvalue weighted by Crippen LogP contribution is -2.42. The molecule has 0 saturated carbocycles. The molecule has 3 N–H and O–H groups in total. The summed E-state index contributed by atoms with van der Waals surface area (Å²) in [4.78, 5) is 34.0. The monoisotopic (exact) mass is 296 g/mol. The summed E-state index contributed by atoms with van der Waals surface area (Å²) in [6.45, 7) is 0.331. The molecule has 0 aromatic heterocycles. The van der Waals surface area contributed by atoms with Gasteiger partial charge in [0.15, 0.2) is 0 Å². The second-order valence-corrected chi connectivity index (χ2v) is 4.25. The molecular weight excluding hydrogens is 280 g/mol. The van der Waals surface area contributed by atoms with Crippen molar-refractivity contribution >= 4 is 23.7 Å². The lowest BCUT2D eigenvalue weighted by Gasteiger charge is -2.20. The first-order valence-electron chi connectivity index (χ1n) is 5.97. The van der Waals surface area contributed by atoms with E-state index < -0.39 is 31.1 Å². The molecule has 1 aromatic rings. The molecule has 0 radical (unpaired) electrons. The first-order valence-corrected chi connectivity index (χ1v) is 5.97. The smallest absolute Gasteiger partial charge is 0.323 e. The number of benzene rings is 1. The van der Waals surface area contributed by atoms with Crippen LogP contribution in [0.1, 0.15) is 5.56 Å². The van der Waals surface area contributed by atoms with E-state index >= 15 is 0 Å². The van der Waals surface area contributed by atoms with Crippen LogP contribution in [0.15, 0.2) is 18.2 Å². The van der Waals surface area contributed by atoms with Gasteiger partial charge in [0, 0.05) is 5.69 Å². The Morgan fingerprint density at radius 1 is 1.19 bits per heavy atom. The van der Waals surface area contributed by atoms with E-state index in [2.05, 4.69) is 5.32 Å². The van der Waals surface area contributed by atoms with Gasteiger partial charge in [0.1, 0.15) is 18.8 Å². The molecule has 0 aliphatic carbocycles. The summed E-state index contributed by atoms with van der Waals surface area (Å²) in [7, 11) is 1.51. The van der Waals surface area contributed by atoms with E-state index in [1.807, 2.05) is 0 Å². The topological polar surface area (TPSA) is 116 Å². The Morgan fingerprint density at radius 2 is 1.76 bits per heavy atom. The van der Waals surface area contributed by atoms with Crippen molar-refractivity contribution in [3.05, 3.63) is 23.8 Å². The number of nitrogens with one attached hydrogen (secondary N) is 1. The number of aryl methyl sites for hydroxylation is 1. The van der Waals surface area contributed by atoms with Gasteiger partial charge in [-0.05, 0) is 30.7 Å². The van der Waals surface area contributed by atoms with E-state index in [1.165, 1.54) is 7.11 Å². The number of anilines is 1. The van der Waals surface area contributed by atoms with Crippen molar-refractivity contribution in [3.63, 3.8) is 0 Å². The van der Waals surface area contributed by atoms with Crippen molar-refractivity contribution in [2.24, 2.45) is 0 Å². The van der Waals surface area contributed by atoms with E-state index in [0.29, 0.717) is 21.9 Å². The zero-order valence-electron chi connectivity index (χ0n) is 11.6. The second-order valence-electron chi connectivity index (χ2n) is 4.25.